The fraction of sp³-hybridized carbons (Fsp3) is 0.412. The number of aromatic carboxylic acids is 1. The second-order valence-corrected chi connectivity index (χ2v) is 6.16. The Kier molecular flexibility index (Phi) is 7.33. The molecular weight excluding hydrogens is 328 g/mol. The Balaban J connectivity index is 2.02. The van der Waals surface area contributed by atoms with Crippen molar-refractivity contribution >= 4 is 17.3 Å². The minimum atomic E-state index is -0.999. The highest BCUT2D eigenvalue weighted by molar-refractivity contribution is 7.13. The van der Waals surface area contributed by atoms with Crippen molar-refractivity contribution in [1.82, 2.24) is 9.88 Å². The Labute approximate surface area is 145 Å². The van der Waals surface area contributed by atoms with E-state index < -0.39 is 5.97 Å². The van der Waals surface area contributed by atoms with E-state index in [-0.39, 0.29) is 5.69 Å². The van der Waals surface area contributed by atoms with Gasteiger partial charge in [0.15, 0.2) is 5.69 Å². The molecule has 0 radical (unpaired) electrons. The van der Waals surface area contributed by atoms with Crippen LogP contribution in [0.25, 0.3) is 10.6 Å². The molecule has 0 spiro atoms. The predicted octanol–water partition coefficient (Wildman–Crippen LogP) is 2.60. The van der Waals surface area contributed by atoms with E-state index in [1.165, 1.54) is 16.9 Å². The van der Waals surface area contributed by atoms with Gasteiger partial charge in [-0.05, 0) is 5.56 Å². The molecule has 24 heavy (non-hydrogen) atoms. The minimum absolute atomic E-state index is 0.0874. The van der Waals surface area contributed by atoms with Crippen molar-refractivity contribution in [2.75, 3.05) is 40.5 Å². The summed E-state index contributed by atoms with van der Waals surface area (Å²) in [5.74, 6) is -0.999. The molecule has 0 saturated heterocycles. The summed E-state index contributed by atoms with van der Waals surface area (Å²) >= 11 is 1.34. The Morgan fingerprint density at radius 3 is 2.29 bits per heavy atom. The summed E-state index contributed by atoms with van der Waals surface area (Å²) in [6.45, 7) is 3.86. The van der Waals surface area contributed by atoms with Gasteiger partial charge in [-0.25, -0.2) is 9.78 Å². The number of methoxy groups -OCH3 is 2. The third-order valence-corrected chi connectivity index (χ3v) is 4.45. The molecule has 0 aliphatic heterocycles. The van der Waals surface area contributed by atoms with E-state index in [9.17, 15) is 4.79 Å². The fourth-order valence-corrected chi connectivity index (χ4v) is 3.03. The number of hydrogen-bond acceptors (Lipinski definition) is 6. The lowest BCUT2D eigenvalue weighted by Gasteiger charge is -2.21. The molecule has 2 rings (SSSR count). The number of nitrogens with zero attached hydrogens (tertiary/aromatic N) is 2. The lowest BCUT2D eigenvalue weighted by Crippen LogP contribution is -2.30. The first-order valence-corrected chi connectivity index (χ1v) is 8.50. The maximum absolute atomic E-state index is 10.9. The molecule has 0 atom stereocenters. The van der Waals surface area contributed by atoms with Crippen molar-refractivity contribution in [3.05, 3.63) is 40.9 Å². The van der Waals surface area contributed by atoms with E-state index in [0.29, 0.717) is 13.2 Å². The summed E-state index contributed by atoms with van der Waals surface area (Å²) in [7, 11) is 3.39. The molecule has 1 aromatic carbocycles. The normalized spacial score (nSPS) is 11.1. The van der Waals surface area contributed by atoms with Crippen LogP contribution < -0.4 is 0 Å². The van der Waals surface area contributed by atoms with Crippen LogP contribution in [0.15, 0.2) is 29.6 Å². The molecule has 1 heterocycles. The molecule has 0 saturated carbocycles. The summed E-state index contributed by atoms with van der Waals surface area (Å²) in [5.41, 5.74) is 2.20. The zero-order valence-electron chi connectivity index (χ0n) is 13.9. The highest BCUT2D eigenvalue weighted by atomic mass is 32.1. The van der Waals surface area contributed by atoms with Crippen LogP contribution in [0.4, 0.5) is 0 Å². The lowest BCUT2D eigenvalue weighted by molar-refractivity contribution is 0.0691. The molecule has 0 aliphatic rings. The smallest absolute Gasteiger partial charge is 0.355 e. The lowest BCUT2D eigenvalue weighted by atomic mass is 10.1. The second-order valence-electron chi connectivity index (χ2n) is 5.30. The van der Waals surface area contributed by atoms with Crippen LogP contribution >= 0.6 is 11.3 Å². The van der Waals surface area contributed by atoms with E-state index in [4.69, 9.17) is 14.6 Å². The number of carbonyl (C=O) groups is 1. The van der Waals surface area contributed by atoms with E-state index in [1.807, 2.05) is 24.3 Å². The highest BCUT2D eigenvalue weighted by Gasteiger charge is 2.11. The van der Waals surface area contributed by atoms with Crippen molar-refractivity contribution in [1.29, 1.82) is 0 Å². The second kappa shape index (κ2) is 9.48. The zero-order chi connectivity index (χ0) is 17.4. The summed E-state index contributed by atoms with van der Waals surface area (Å²) in [6.07, 6.45) is 0. The molecule has 130 valence electrons. The quantitative estimate of drug-likeness (QED) is 0.710. The molecule has 6 nitrogen and oxygen atoms in total. The molecule has 7 heteroatoms. The van der Waals surface area contributed by atoms with Crippen molar-refractivity contribution < 1.29 is 19.4 Å². The Bertz CT molecular complexity index is 634. The van der Waals surface area contributed by atoms with Crippen LogP contribution in [-0.4, -0.2) is 61.5 Å². The van der Waals surface area contributed by atoms with E-state index >= 15 is 0 Å². The van der Waals surface area contributed by atoms with Crippen LogP contribution in [-0.2, 0) is 16.0 Å². The monoisotopic (exact) mass is 350 g/mol. The number of hydrogen-bond donors (Lipinski definition) is 1. The first-order chi connectivity index (χ1) is 11.6. The van der Waals surface area contributed by atoms with Gasteiger partial charge in [0.1, 0.15) is 5.01 Å². The van der Waals surface area contributed by atoms with Gasteiger partial charge in [-0.1, -0.05) is 24.3 Å². The van der Waals surface area contributed by atoms with Gasteiger partial charge in [0, 0.05) is 44.8 Å². The zero-order valence-corrected chi connectivity index (χ0v) is 14.7. The molecule has 1 aromatic heterocycles. The molecule has 0 unspecified atom stereocenters. The summed E-state index contributed by atoms with van der Waals surface area (Å²) in [6, 6.07) is 8.04. The number of benzene rings is 1. The van der Waals surface area contributed by atoms with Crippen LogP contribution in [0, 0.1) is 0 Å². The SMILES string of the molecule is COCCN(CCOC)Cc1ccc(-c2nc(C(=O)O)cs2)cc1. The molecule has 1 N–H and O–H groups in total. The van der Waals surface area contributed by atoms with Crippen LogP contribution in [0.2, 0.25) is 0 Å². The van der Waals surface area contributed by atoms with Gasteiger partial charge in [-0.3, -0.25) is 4.90 Å². The number of rotatable bonds is 10. The number of carboxylic acids is 1. The van der Waals surface area contributed by atoms with E-state index in [0.717, 1.165) is 30.2 Å². The standard InChI is InChI=1S/C17H22N2O4S/c1-22-9-7-19(8-10-23-2)11-13-3-5-14(6-4-13)16-18-15(12-24-16)17(20)21/h3-6,12H,7-11H2,1-2H3,(H,20,21). The first-order valence-electron chi connectivity index (χ1n) is 7.62. The Morgan fingerprint density at radius 1 is 1.17 bits per heavy atom. The molecule has 0 aliphatic carbocycles. The van der Waals surface area contributed by atoms with Gasteiger partial charge in [-0.15, -0.1) is 11.3 Å². The summed E-state index contributed by atoms with van der Waals surface area (Å²) in [5, 5.41) is 11.2. The maximum atomic E-state index is 10.9. The van der Waals surface area contributed by atoms with Gasteiger partial charge in [0.05, 0.1) is 13.2 Å². The van der Waals surface area contributed by atoms with E-state index in [1.54, 1.807) is 19.6 Å². The number of thiazole rings is 1. The Morgan fingerprint density at radius 2 is 1.79 bits per heavy atom. The third-order valence-electron chi connectivity index (χ3n) is 3.55. The fourth-order valence-electron chi connectivity index (χ4n) is 2.23. The van der Waals surface area contributed by atoms with Gasteiger partial charge in [0.2, 0.25) is 0 Å². The topological polar surface area (TPSA) is 71.9 Å². The predicted molar refractivity (Wildman–Crippen MR) is 93.5 cm³/mol. The average Bonchev–Trinajstić information content (AvgIpc) is 3.08. The Hall–Kier alpha value is -1.80. The molecule has 0 fully saturated rings. The average molecular weight is 350 g/mol. The van der Waals surface area contributed by atoms with Crippen molar-refractivity contribution in [2.45, 2.75) is 6.54 Å². The van der Waals surface area contributed by atoms with Crippen molar-refractivity contribution in [3.63, 3.8) is 0 Å². The minimum Gasteiger partial charge on any atom is -0.476 e. The highest BCUT2D eigenvalue weighted by Crippen LogP contribution is 2.24. The van der Waals surface area contributed by atoms with Gasteiger partial charge >= 0.3 is 5.97 Å². The summed E-state index contributed by atoms with van der Waals surface area (Å²) < 4.78 is 10.3. The molecular formula is C17H22N2O4S. The molecule has 2 aromatic rings. The third kappa shape index (κ3) is 5.38. The van der Waals surface area contributed by atoms with Crippen molar-refractivity contribution in [3.8, 4) is 10.6 Å². The molecule has 0 amide bonds. The number of ether oxygens (including phenoxy) is 2. The van der Waals surface area contributed by atoms with Crippen LogP contribution in [0.5, 0.6) is 0 Å². The molecule has 0 bridgehead atoms. The number of carboxylic acid groups (broad SMARTS) is 1. The van der Waals surface area contributed by atoms with Gasteiger partial charge in [0.25, 0.3) is 0 Å². The van der Waals surface area contributed by atoms with Gasteiger partial charge in [-0.2, -0.15) is 0 Å². The van der Waals surface area contributed by atoms with Crippen molar-refractivity contribution in [2.24, 2.45) is 0 Å². The van der Waals surface area contributed by atoms with Crippen LogP contribution in [0.3, 0.4) is 0 Å². The first kappa shape index (κ1) is 18.5. The maximum Gasteiger partial charge on any atom is 0.355 e. The number of aromatic nitrogens is 1. The largest absolute Gasteiger partial charge is 0.476 e. The summed E-state index contributed by atoms with van der Waals surface area (Å²) in [4.78, 5) is 17.3. The van der Waals surface area contributed by atoms with Gasteiger partial charge < -0.3 is 14.6 Å². The van der Waals surface area contributed by atoms with E-state index in [2.05, 4.69) is 9.88 Å². The van der Waals surface area contributed by atoms with Crippen LogP contribution in [0.1, 0.15) is 16.1 Å².